The number of aromatic nitrogens is 3. The zero-order valence-electron chi connectivity index (χ0n) is 14.8. The summed E-state index contributed by atoms with van der Waals surface area (Å²) >= 11 is 7.22. The van der Waals surface area contributed by atoms with Crippen LogP contribution >= 0.6 is 22.9 Å². The van der Waals surface area contributed by atoms with Gasteiger partial charge in [-0.2, -0.15) is 5.10 Å². The monoisotopic (exact) mass is 448 g/mol. The first-order valence-corrected chi connectivity index (χ1v) is 10.9. The summed E-state index contributed by atoms with van der Waals surface area (Å²) in [5.74, 6) is -1.28. The molecule has 4 rings (SSSR count). The fraction of sp³-hybridized carbons (Fsp3) is 0.0556. The molecular formula is C18H13ClN4O4S2. The van der Waals surface area contributed by atoms with E-state index in [2.05, 4.69) is 19.9 Å². The molecule has 8 nitrogen and oxygen atoms in total. The van der Waals surface area contributed by atoms with Gasteiger partial charge >= 0.3 is 5.97 Å². The van der Waals surface area contributed by atoms with Gasteiger partial charge in [-0.25, -0.2) is 18.2 Å². The van der Waals surface area contributed by atoms with Crippen molar-refractivity contribution in [2.75, 3.05) is 4.72 Å². The predicted molar refractivity (Wildman–Crippen MR) is 111 cm³/mol. The minimum atomic E-state index is -4.08. The Balaban J connectivity index is 1.93. The van der Waals surface area contributed by atoms with Crippen LogP contribution in [0.4, 0.5) is 5.69 Å². The third-order valence-electron chi connectivity index (χ3n) is 4.20. The number of anilines is 1. The predicted octanol–water partition coefficient (Wildman–Crippen LogP) is 4.15. The number of carboxylic acids is 1. The molecule has 0 radical (unpaired) electrons. The van der Waals surface area contributed by atoms with Gasteiger partial charge in [0.05, 0.1) is 22.5 Å². The highest BCUT2D eigenvalue weighted by atomic mass is 35.5. The molecule has 29 heavy (non-hydrogen) atoms. The number of aromatic carboxylic acids is 1. The van der Waals surface area contributed by atoms with Crippen molar-refractivity contribution in [1.82, 2.24) is 15.2 Å². The summed E-state index contributed by atoms with van der Waals surface area (Å²) in [6.45, 7) is 1.53. The molecule has 0 unspecified atom stereocenters. The molecule has 0 atom stereocenters. The van der Waals surface area contributed by atoms with E-state index < -0.39 is 16.0 Å². The lowest BCUT2D eigenvalue weighted by Gasteiger charge is -2.13. The Morgan fingerprint density at radius 2 is 2.10 bits per heavy atom. The van der Waals surface area contributed by atoms with Crippen LogP contribution < -0.4 is 4.72 Å². The third kappa shape index (κ3) is 3.57. The normalized spacial score (nSPS) is 11.7. The number of halogens is 1. The molecule has 3 aromatic heterocycles. The quantitative estimate of drug-likeness (QED) is 0.421. The number of hydrogen-bond donors (Lipinski definition) is 3. The summed E-state index contributed by atoms with van der Waals surface area (Å²) < 4.78 is 28.3. The Kier molecular flexibility index (Phi) is 4.77. The van der Waals surface area contributed by atoms with Gasteiger partial charge in [-0.05, 0) is 31.2 Å². The lowest BCUT2D eigenvalue weighted by Crippen LogP contribution is -2.17. The van der Waals surface area contributed by atoms with Crippen LogP contribution in [0, 0.1) is 6.92 Å². The number of nitrogens with zero attached hydrogens (tertiary/aromatic N) is 2. The van der Waals surface area contributed by atoms with E-state index in [0.29, 0.717) is 10.2 Å². The summed E-state index contributed by atoms with van der Waals surface area (Å²) in [7, 11) is -4.08. The number of H-pyrrole nitrogens is 1. The maximum Gasteiger partial charge on any atom is 0.339 e. The van der Waals surface area contributed by atoms with E-state index in [1.807, 2.05) is 0 Å². The molecule has 0 spiro atoms. The molecule has 1 aromatic carbocycles. The summed E-state index contributed by atoms with van der Waals surface area (Å²) in [5.41, 5.74) is 0.742. The second-order valence-electron chi connectivity index (χ2n) is 6.13. The first-order chi connectivity index (χ1) is 13.8. The average molecular weight is 449 g/mol. The molecule has 0 fully saturated rings. The number of fused-ring (bicyclic) bond motifs is 1. The summed E-state index contributed by atoms with van der Waals surface area (Å²) in [5, 5.41) is 17.0. The van der Waals surface area contributed by atoms with Gasteiger partial charge in [-0.3, -0.25) is 9.82 Å². The molecule has 0 saturated carbocycles. The fourth-order valence-electron chi connectivity index (χ4n) is 2.89. The SMILES string of the molecule is Cc1nc2sc(-c3cn[nH]c3)cc2c(NS(=O)(=O)c2cccc(Cl)c2)c1C(=O)O. The smallest absolute Gasteiger partial charge is 0.339 e. The van der Waals surface area contributed by atoms with Crippen molar-refractivity contribution in [3.63, 3.8) is 0 Å². The van der Waals surface area contributed by atoms with Crippen LogP contribution in [0.15, 0.2) is 47.6 Å². The first-order valence-electron chi connectivity index (χ1n) is 8.21. The molecule has 0 amide bonds. The van der Waals surface area contributed by atoms with Crippen molar-refractivity contribution in [3.05, 3.63) is 59.0 Å². The van der Waals surface area contributed by atoms with Crippen molar-refractivity contribution in [2.24, 2.45) is 0 Å². The number of hydrogen-bond acceptors (Lipinski definition) is 6. The van der Waals surface area contributed by atoms with E-state index >= 15 is 0 Å². The third-order valence-corrected chi connectivity index (χ3v) is 6.86. The molecule has 0 saturated heterocycles. The van der Waals surface area contributed by atoms with Gasteiger partial charge in [0, 0.05) is 27.0 Å². The lowest BCUT2D eigenvalue weighted by atomic mass is 10.1. The van der Waals surface area contributed by atoms with Crippen molar-refractivity contribution < 1.29 is 18.3 Å². The minimum absolute atomic E-state index is 0.0361. The molecule has 0 bridgehead atoms. The zero-order chi connectivity index (χ0) is 20.8. The lowest BCUT2D eigenvalue weighted by molar-refractivity contribution is 0.0697. The van der Waals surface area contributed by atoms with Crippen molar-refractivity contribution in [1.29, 1.82) is 0 Å². The van der Waals surface area contributed by atoms with Crippen molar-refractivity contribution in [2.45, 2.75) is 11.8 Å². The summed E-state index contributed by atoms with van der Waals surface area (Å²) in [4.78, 5) is 17.4. The summed E-state index contributed by atoms with van der Waals surface area (Å²) in [6.07, 6.45) is 3.30. The van der Waals surface area contributed by atoms with E-state index in [1.54, 1.807) is 24.5 Å². The number of sulfonamides is 1. The van der Waals surface area contributed by atoms with E-state index in [1.165, 1.54) is 36.5 Å². The number of aryl methyl sites for hydroxylation is 1. The maximum absolute atomic E-state index is 12.9. The van der Waals surface area contributed by atoms with Gasteiger partial charge < -0.3 is 5.11 Å². The summed E-state index contributed by atoms with van der Waals surface area (Å²) in [6, 6.07) is 7.42. The standard InChI is InChI=1S/C18H13ClN4O4S2/c1-9-15(18(24)25)16(23-29(26,27)12-4-2-3-11(19)5-12)13-6-14(28-17(13)22-9)10-7-20-21-8-10/h2-8H,1H3,(H,20,21)(H,22,23)(H,24,25). The van der Waals surface area contributed by atoms with Crippen LogP contribution in [0.3, 0.4) is 0 Å². The second kappa shape index (κ2) is 7.14. The van der Waals surface area contributed by atoms with E-state index in [9.17, 15) is 18.3 Å². The van der Waals surface area contributed by atoms with Crippen molar-refractivity contribution in [3.8, 4) is 10.4 Å². The van der Waals surface area contributed by atoms with Gasteiger partial charge in [0.25, 0.3) is 10.0 Å². The number of pyridine rings is 1. The van der Waals surface area contributed by atoms with Gasteiger partial charge in [-0.15, -0.1) is 11.3 Å². The maximum atomic E-state index is 12.9. The number of carbonyl (C=O) groups is 1. The Labute approximate surface area is 174 Å². The van der Waals surface area contributed by atoms with Crippen molar-refractivity contribution >= 4 is 54.8 Å². The first kappa shape index (κ1) is 19.4. The topological polar surface area (TPSA) is 125 Å². The van der Waals surface area contributed by atoms with Crippen LogP contribution in [0.2, 0.25) is 5.02 Å². The highest BCUT2D eigenvalue weighted by Crippen LogP contribution is 2.39. The van der Waals surface area contributed by atoms with Crippen LogP contribution in [-0.4, -0.2) is 34.7 Å². The number of carboxylic acid groups (broad SMARTS) is 1. The molecule has 3 heterocycles. The van der Waals surface area contributed by atoms with E-state index in [-0.39, 0.29) is 26.9 Å². The number of aromatic amines is 1. The van der Waals surface area contributed by atoms with Crippen LogP contribution in [0.25, 0.3) is 20.7 Å². The number of benzene rings is 1. The average Bonchev–Trinajstić information content (AvgIpc) is 3.30. The number of thiophene rings is 1. The molecule has 0 aliphatic rings. The molecule has 11 heteroatoms. The van der Waals surface area contributed by atoms with Crippen LogP contribution in [0.5, 0.6) is 0 Å². The molecule has 0 aliphatic heterocycles. The highest BCUT2D eigenvalue weighted by Gasteiger charge is 2.25. The Hall–Kier alpha value is -2.95. The van der Waals surface area contributed by atoms with Gasteiger partial charge in [0.1, 0.15) is 10.4 Å². The van der Waals surface area contributed by atoms with Crippen LogP contribution in [0.1, 0.15) is 16.1 Å². The molecular weight excluding hydrogens is 436 g/mol. The second-order valence-corrected chi connectivity index (χ2v) is 9.28. The van der Waals surface area contributed by atoms with Crippen LogP contribution in [-0.2, 0) is 10.0 Å². The van der Waals surface area contributed by atoms with E-state index in [0.717, 1.165) is 10.4 Å². The number of rotatable bonds is 5. The number of nitrogens with one attached hydrogen (secondary N) is 2. The molecule has 148 valence electrons. The van der Waals surface area contributed by atoms with Gasteiger partial charge in [0.15, 0.2) is 0 Å². The molecule has 4 aromatic rings. The molecule has 3 N–H and O–H groups in total. The fourth-order valence-corrected chi connectivity index (χ4v) is 5.35. The van der Waals surface area contributed by atoms with Gasteiger partial charge in [0.2, 0.25) is 0 Å². The molecule has 0 aliphatic carbocycles. The largest absolute Gasteiger partial charge is 0.478 e. The highest BCUT2D eigenvalue weighted by molar-refractivity contribution is 7.92. The van der Waals surface area contributed by atoms with Gasteiger partial charge in [-0.1, -0.05) is 17.7 Å². The zero-order valence-corrected chi connectivity index (χ0v) is 17.2. The van der Waals surface area contributed by atoms with E-state index in [4.69, 9.17) is 11.6 Å². The Bertz CT molecular complexity index is 1350. The minimum Gasteiger partial charge on any atom is -0.478 e. The Morgan fingerprint density at radius 1 is 1.31 bits per heavy atom. The Morgan fingerprint density at radius 3 is 2.76 bits per heavy atom.